The summed E-state index contributed by atoms with van der Waals surface area (Å²) in [5.41, 5.74) is 1.21. The summed E-state index contributed by atoms with van der Waals surface area (Å²) in [5, 5.41) is 20.7. The minimum absolute atomic E-state index is 0.0911. The topological polar surface area (TPSA) is 112 Å². The standard InChI is InChI=1S/C19H13N3O4S/c20-8-9-26-15-7-2-1-4-12(15)11-16-17(23)22-19(27-16)21-14-6-3-5-13(10-14)18(24)25/h1-7,10-11H,9H2,(H,24,25)(H,21,22,23). The van der Waals surface area contributed by atoms with Crippen molar-refractivity contribution in [3.05, 3.63) is 64.6 Å². The molecule has 0 spiro atoms. The lowest BCUT2D eigenvalue weighted by Crippen LogP contribution is -2.19. The summed E-state index contributed by atoms with van der Waals surface area (Å²) in [4.78, 5) is 27.9. The predicted molar refractivity (Wildman–Crippen MR) is 102 cm³/mol. The number of nitrogens with one attached hydrogen (secondary N) is 1. The number of ether oxygens (including phenoxy) is 1. The van der Waals surface area contributed by atoms with Gasteiger partial charge in [0.25, 0.3) is 5.91 Å². The van der Waals surface area contributed by atoms with Crippen LogP contribution in [0, 0.1) is 11.3 Å². The van der Waals surface area contributed by atoms with E-state index in [0.717, 1.165) is 11.8 Å². The lowest BCUT2D eigenvalue weighted by atomic mass is 10.2. The van der Waals surface area contributed by atoms with Crippen LogP contribution in [0.3, 0.4) is 0 Å². The minimum atomic E-state index is -1.05. The molecule has 2 aromatic carbocycles. The highest BCUT2D eigenvalue weighted by Gasteiger charge is 2.24. The second-order valence-electron chi connectivity index (χ2n) is 5.32. The van der Waals surface area contributed by atoms with E-state index < -0.39 is 5.97 Å². The number of carboxylic acids is 1. The Hall–Kier alpha value is -3.57. The van der Waals surface area contributed by atoms with Crippen LogP contribution in [0.2, 0.25) is 0 Å². The van der Waals surface area contributed by atoms with Gasteiger partial charge < -0.3 is 15.2 Å². The van der Waals surface area contributed by atoms with Gasteiger partial charge in [0.1, 0.15) is 11.8 Å². The monoisotopic (exact) mass is 379 g/mol. The molecule has 0 atom stereocenters. The molecular formula is C19H13N3O4S. The average Bonchev–Trinajstić information content (AvgIpc) is 3.00. The van der Waals surface area contributed by atoms with E-state index in [1.54, 1.807) is 42.5 Å². The minimum Gasteiger partial charge on any atom is -0.478 e. The SMILES string of the molecule is N#CCOc1ccccc1C=C1SC(=Nc2cccc(C(=O)O)c2)NC1=O. The number of amidine groups is 1. The van der Waals surface area contributed by atoms with Crippen molar-refractivity contribution in [2.45, 2.75) is 0 Å². The largest absolute Gasteiger partial charge is 0.478 e. The van der Waals surface area contributed by atoms with Crippen LogP contribution in [0.25, 0.3) is 6.08 Å². The van der Waals surface area contributed by atoms with Gasteiger partial charge in [-0.1, -0.05) is 24.3 Å². The molecule has 1 aliphatic heterocycles. The maximum absolute atomic E-state index is 12.2. The fraction of sp³-hybridized carbons (Fsp3) is 0.0526. The molecule has 1 heterocycles. The van der Waals surface area contributed by atoms with E-state index in [1.807, 2.05) is 6.07 Å². The average molecular weight is 379 g/mol. The van der Waals surface area contributed by atoms with Crippen LogP contribution in [-0.2, 0) is 4.79 Å². The van der Waals surface area contributed by atoms with Crippen LogP contribution < -0.4 is 10.1 Å². The number of amides is 1. The Morgan fingerprint density at radius 2 is 2.11 bits per heavy atom. The summed E-state index contributed by atoms with van der Waals surface area (Å²) in [6.45, 7) is -0.0911. The number of aromatic carboxylic acids is 1. The van der Waals surface area contributed by atoms with Crippen molar-refractivity contribution >= 4 is 40.6 Å². The number of carboxylic acid groups (broad SMARTS) is 1. The molecule has 0 bridgehead atoms. The Bertz CT molecular complexity index is 1010. The first kappa shape index (κ1) is 18.2. The number of carbonyl (C=O) groups is 2. The van der Waals surface area contributed by atoms with Gasteiger partial charge in [0, 0.05) is 5.56 Å². The third-order valence-electron chi connectivity index (χ3n) is 3.47. The van der Waals surface area contributed by atoms with Gasteiger partial charge in [0.05, 0.1) is 16.2 Å². The fourth-order valence-corrected chi connectivity index (χ4v) is 3.12. The van der Waals surface area contributed by atoms with E-state index in [-0.39, 0.29) is 18.1 Å². The van der Waals surface area contributed by atoms with Gasteiger partial charge in [-0.15, -0.1) is 0 Å². The molecule has 134 valence electrons. The molecule has 1 amide bonds. The fourth-order valence-electron chi connectivity index (χ4n) is 2.29. The Labute approximate surface area is 159 Å². The first-order valence-corrected chi connectivity index (χ1v) is 8.60. The molecule has 27 heavy (non-hydrogen) atoms. The van der Waals surface area contributed by atoms with Gasteiger partial charge in [0.2, 0.25) is 0 Å². The van der Waals surface area contributed by atoms with E-state index in [4.69, 9.17) is 15.1 Å². The molecule has 2 N–H and O–H groups in total. The number of aliphatic imine (C=N–C) groups is 1. The van der Waals surface area contributed by atoms with Crippen molar-refractivity contribution < 1.29 is 19.4 Å². The molecule has 1 fully saturated rings. The third kappa shape index (κ3) is 4.54. The zero-order valence-corrected chi connectivity index (χ0v) is 14.7. The molecule has 7 nitrogen and oxygen atoms in total. The van der Waals surface area contributed by atoms with Crippen molar-refractivity contribution in [1.82, 2.24) is 5.32 Å². The van der Waals surface area contributed by atoms with Crippen molar-refractivity contribution in [3.63, 3.8) is 0 Å². The van der Waals surface area contributed by atoms with Gasteiger partial charge >= 0.3 is 5.97 Å². The number of nitriles is 1. The highest BCUT2D eigenvalue weighted by atomic mass is 32.2. The molecule has 0 unspecified atom stereocenters. The van der Waals surface area contributed by atoms with Crippen LogP contribution in [0.1, 0.15) is 15.9 Å². The normalized spacial score (nSPS) is 16.2. The molecule has 3 rings (SSSR count). The summed E-state index contributed by atoms with van der Waals surface area (Å²) >= 11 is 1.14. The highest BCUT2D eigenvalue weighted by molar-refractivity contribution is 8.18. The van der Waals surface area contributed by atoms with Crippen LogP contribution in [-0.4, -0.2) is 28.8 Å². The van der Waals surface area contributed by atoms with Crippen molar-refractivity contribution in [1.29, 1.82) is 5.26 Å². The van der Waals surface area contributed by atoms with Gasteiger partial charge in [0.15, 0.2) is 11.8 Å². The predicted octanol–water partition coefficient (Wildman–Crippen LogP) is 3.18. The summed E-state index contributed by atoms with van der Waals surface area (Å²) < 4.78 is 5.36. The molecule has 1 aliphatic rings. The van der Waals surface area contributed by atoms with Gasteiger partial charge in [-0.3, -0.25) is 4.79 Å². The number of para-hydroxylation sites is 1. The number of nitrogens with zero attached hydrogens (tertiary/aromatic N) is 2. The number of rotatable bonds is 5. The van der Waals surface area contributed by atoms with Crippen LogP contribution in [0.15, 0.2) is 58.4 Å². The van der Waals surface area contributed by atoms with Crippen LogP contribution in [0.5, 0.6) is 5.75 Å². The van der Waals surface area contributed by atoms with Crippen molar-refractivity contribution in [3.8, 4) is 11.8 Å². The third-order valence-corrected chi connectivity index (χ3v) is 4.38. The molecule has 0 saturated carbocycles. The second kappa shape index (κ2) is 8.21. The first-order valence-electron chi connectivity index (χ1n) is 7.78. The molecule has 0 aromatic heterocycles. The molecule has 0 radical (unpaired) electrons. The summed E-state index contributed by atoms with van der Waals surface area (Å²) in [5.74, 6) is -0.863. The molecular weight excluding hydrogens is 366 g/mol. The van der Waals surface area contributed by atoms with Gasteiger partial charge in [-0.05, 0) is 42.1 Å². The lowest BCUT2D eigenvalue weighted by Gasteiger charge is -2.05. The Kier molecular flexibility index (Phi) is 5.54. The maximum atomic E-state index is 12.2. The number of carbonyl (C=O) groups excluding carboxylic acids is 1. The zero-order chi connectivity index (χ0) is 19.2. The van der Waals surface area contributed by atoms with Gasteiger partial charge in [-0.2, -0.15) is 5.26 Å². The summed E-state index contributed by atoms with van der Waals surface area (Å²) in [6, 6.07) is 15.1. The van der Waals surface area contributed by atoms with E-state index in [9.17, 15) is 9.59 Å². The number of hydrogen-bond donors (Lipinski definition) is 2. The quantitative estimate of drug-likeness (QED) is 0.772. The Morgan fingerprint density at radius 1 is 1.30 bits per heavy atom. The molecule has 1 saturated heterocycles. The number of benzene rings is 2. The molecule has 0 aliphatic carbocycles. The second-order valence-corrected chi connectivity index (χ2v) is 6.35. The van der Waals surface area contributed by atoms with E-state index in [0.29, 0.717) is 27.1 Å². The number of thioether (sulfide) groups is 1. The lowest BCUT2D eigenvalue weighted by molar-refractivity contribution is -0.115. The highest BCUT2D eigenvalue weighted by Crippen LogP contribution is 2.30. The number of hydrogen-bond acceptors (Lipinski definition) is 6. The zero-order valence-electron chi connectivity index (χ0n) is 13.9. The van der Waals surface area contributed by atoms with Crippen molar-refractivity contribution in [2.24, 2.45) is 4.99 Å². The summed E-state index contributed by atoms with van der Waals surface area (Å²) in [7, 11) is 0. The van der Waals surface area contributed by atoms with Crippen LogP contribution in [0.4, 0.5) is 5.69 Å². The maximum Gasteiger partial charge on any atom is 0.335 e. The molecule has 2 aromatic rings. The van der Waals surface area contributed by atoms with E-state index in [2.05, 4.69) is 10.3 Å². The van der Waals surface area contributed by atoms with Crippen molar-refractivity contribution in [2.75, 3.05) is 6.61 Å². The smallest absolute Gasteiger partial charge is 0.335 e. The van der Waals surface area contributed by atoms with E-state index in [1.165, 1.54) is 12.1 Å². The first-order chi connectivity index (χ1) is 13.1. The van der Waals surface area contributed by atoms with Gasteiger partial charge in [-0.25, -0.2) is 9.79 Å². The Balaban J connectivity index is 1.84. The van der Waals surface area contributed by atoms with Crippen LogP contribution >= 0.6 is 11.8 Å². The van der Waals surface area contributed by atoms with E-state index >= 15 is 0 Å². The summed E-state index contributed by atoms with van der Waals surface area (Å²) in [6.07, 6.45) is 1.66. The molecule has 8 heteroatoms. The Morgan fingerprint density at radius 3 is 2.89 bits per heavy atom.